The number of hydrogen-bond acceptors (Lipinski definition) is 5. The largest absolute Gasteiger partial charge is 0.372 e. The lowest BCUT2D eigenvalue weighted by atomic mass is 10.2. The van der Waals surface area contributed by atoms with Gasteiger partial charge in [-0.1, -0.05) is 23.7 Å². The molecule has 4 rings (SSSR count). The molecule has 0 unspecified atom stereocenters. The van der Waals surface area contributed by atoms with E-state index in [1.807, 2.05) is 12.1 Å². The summed E-state index contributed by atoms with van der Waals surface area (Å²) >= 11 is 6.04. The number of amides is 1. The van der Waals surface area contributed by atoms with E-state index in [-0.39, 0.29) is 5.91 Å². The van der Waals surface area contributed by atoms with Gasteiger partial charge in [0.25, 0.3) is 5.91 Å². The number of nitrogens with zero attached hydrogens (tertiary/aromatic N) is 3. The van der Waals surface area contributed by atoms with E-state index in [2.05, 4.69) is 37.9 Å². The number of benzene rings is 2. The van der Waals surface area contributed by atoms with Crippen LogP contribution in [0, 0.1) is 0 Å². The molecular formula is C21H20ClN5O. The highest BCUT2D eigenvalue weighted by Gasteiger charge is 2.12. The van der Waals surface area contributed by atoms with E-state index >= 15 is 0 Å². The summed E-state index contributed by atoms with van der Waals surface area (Å²) < 4.78 is 0. The molecule has 142 valence electrons. The summed E-state index contributed by atoms with van der Waals surface area (Å²) in [5, 5.41) is 14.5. The molecule has 0 atom stereocenters. The minimum Gasteiger partial charge on any atom is -0.372 e. The van der Waals surface area contributed by atoms with Gasteiger partial charge >= 0.3 is 0 Å². The van der Waals surface area contributed by atoms with E-state index in [0.717, 1.165) is 18.8 Å². The molecule has 1 aliphatic rings. The van der Waals surface area contributed by atoms with Gasteiger partial charge in [-0.2, -0.15) is 0 Å². The summed E-state index contributed by atoms with van der Waals surface area (Å²) in [4.78, 5) is 14.7. The first-order chi connectivity index (χ1) is 13.7. The molecule has 1 amide bonds. The first-order valence-electron chi connectivity index (χ1n) is 9.21. The quantitative estimate of drug-likeness (QED) is 0.656. The van der Waals surface area contributed by atoms with Crippen LogP contribution in [0.5, 0.6) is 0 Å². The Balaban J connectivity index is 1.38. The molecule has 28 heavy (non-hydrogen) atoms. The molecule has 3 aromatic rings. The summed E-state index contributed by atoms with van der Waals surface area (Å²) in [6.07, 6.45) is 2.52. The number of carbonyl (C=O) groups is 1. The van der Waals surface area contributed by atoms with Gasteiger partial charge in [-0.15, -0.1) is 10.2 Å². The third kappa shape index (κ3) is 4.23. The fraction of sp³-hybridized carbons (Fsp3) is 0.190. The Morgan fingerprint density at radius 1 is 0.893 bits per heavy atom. The predicted octanol–water partition coefficient (Wildman–Crippen LogP) is 4.73. The maximum Gasteiger partial charge on any atom is 0.258 e. The number of carbonyl (C=O) groups excluding carboxylic acids is 1. The maximum atomic E-state index is 12.3. The van der Waals surface area contributed by atoms with E-state index in [4.69, 9.17) is 11.6 Å². The summed E-state index contributed by atoms with van der Waals surface area (Å²) in [6, 6.07) is 18.6. The second-order valence-corrected chi connectivity index (χ2v) is 7.01. The van der Waals surface area contributed by atoms with Crippen LogP contribution in [0.2, 0.25) is 5.02 Å². The Hall–Kier alpha value is -3.12. The lowest BCUT2D eigenvalue weighted by Crippen LogP contribution is -2.17. The molecular weight excluding hydrogens is 374 g/mol. The second kappa shape index (κ2) is 8.27. The SMILES string of the molecule is O=C(Nc1ccc(Nc2ccc(N3CCCC3)cc2)nn1)c1ccccc1Cl. The summed E-state index contributed by atoms with van der Waals surface area (Å²) in [5.41, 5.74) is 2.57. The van der Waals surface area contributed by atoms with Crippen LogP contribution in [0.4, 0.5) is 23.0 Å². The molecule has 1 aliphatic heterocycles. The van der Waals surface area contributed by atoms with Gasteiger partial charge in [0.15, 0.2) is 11.6 Å². The number of nitrogens with one attached hydrogen (secondary N) is 2. The van der Waals surface area contributed by atoms with Crippen molar-refractivity contribution < 1.29 is 4.79 Å². The van der Waals surface area contributed by atoms with Gasteiger partial charge in [0.2, 0.25) is 0 Å². The molecule has 2 heterocycles. The van der Waals surface area contributed by atoms with Crippen molar-refractivity contribution in [1.82, 2.24) is 10.2 Å². The summed E-state index contributed by atoms with van der Waals surface area (Å²) in [6.45, 7) is 2.25. The highest BCUT2D eigenvalue weighted by molar-refractivity contribution is 6.34. The number of anilines is 4. The fourth-order valence-corrected chi connectivity index (χ4v) is 3.39. The predicted molar refractivity (Wildman–Crippen MR) is 113 cm³/mol. The van der Waals surface area contributed by atoms with Gasteiger partial charge in [0.1, 0.15) is 0 Å². The van der Waals surface area contributed by atoms with Crippen molar-refractivity contribution in [3.8, 4) is 0 Å². The van der Waals surface area contributed by atoms with Crippen molar-refractivity contribution in [2.24, 2.45) is 0 Å². The molecule has 0 radical (unpaired) electrons. The van der Waals surface area contributed by atoms with Gasteiger partial charge < -0.3 is 15.5 Å². The average Bonchev–Trinajstić information content (AvgIpc) is 3.25. The number of rotatable bonds is 5. The molecule has 0 aliphatic carbocycles. The van der Waals surface area contributed by atoms with E-state index in [1.165, 1.54) is 18.5 Å². The normalized spacial score (nSPS) is 13.4. The van der Waals surface area contributed by atoms with Crippen molar-refractivity contribution in [2.75, 3.05) is 28.6 Å². The Morgan fingerprint density at radius 3 is 2.25 bits per heavy atom. The van der Waals surface area contributed by atoms with Crippen LogP contribution >= 0.6 is 11.6 Å². The van der Waals surface area contributed by atoms with Gasteiger partial charge in [-0.05, 0) is 61.4 Å². The molecule has 0 spiro atoms. The van der Waals surface area contributed by atoms with Crippen LogP contribution in [-0.2, 0) is 0 Å². The second-order valence-electron chi connectivity index (χ2n) is 6.60. The topological polar surface area (TPSA) is 70.2 Å². The highest BCUT2D eigenvalue weighted by atomic mass is 35.5. The molecule has 0 saturated carbocycles. The average molecular weight is 394 g/mol. The minimum atomic E-state index is -0.321. The van der Waals surface area contributed by atoms with Gasteiger partial charge in [0.05, 0.1) is 10.6 Å². The zero-order valence-corrected chi connectivity index (χ0v) is 16.0. The third-order valence-electron chi connectivity index (χ3n) is 4.64. The standard InChI is InChI=1S/C21H20ClN5O/c22-18-6-2-1-5-17(18)21(28)24-20-12-11-19(25-26-20)23-15-7-9-16(10-8-15)27-13-3-4-14-27/h1-2,5-12H,3-4,13-14H2,(H,23,25)(H,24,26,28). The zero-order chi connectivity index (χ0) is 19.3. The van der Waals surface area contributed by atoms with Crippen molar-refractivity contribution in [3.63, 3.8) is 0 Å². The molecule has 1 aromatic heterocycles. The van der Waals surface area contributed by atoms with E-state index in [1.54, 1.807) is 36.4 Å². The molecule has 2 aromatic carbocycles. The van der Waals surface area contributed by atoms with Crippen LogP contribution in [0.15, 0.2) is 60.7 Å². The Labute approximate surface area is 168 Å². The lowest BCUT2D eigenvalue weighted by molar-refractivity contribution is 0.102. The van der Waals surface area contributed by atoms with Crippen molar-refractivity contribution in [1.29, 1.82) is 0 Å². The minimum absolute atomic E-state index is 0.321. The Bertz CT molecular complexity index is 953. The molecule has 0 bridgehead atoms. The summed E-state index contributed by atoms with van der Waals surface area (Å²) in [7, 11) is 0. The molecule has 1 fully saturated rings. The van der Waals surface area contributed by atoms with E-state index < -0.39 is 0 Å². The monoisotopic (exact) mass is 393 g/mol. The van der Waals surface area contributed by atoms with Crippen LogP contribution in [0.1, 0.15) is 23.2 Å². The van der Waals surface area contributed by atoms with Crippen LogP contribution in [0.3, 0.4) is 0 Å². The van der Waals surface area contributed by atoms with E-state index in [0.29, 0.717) is 22.2 Å². The number of aromatic nitrogens is 2. The van der Waals surface area contributed by atoms with Crippen LogP contribution in [0.25, 0.3) is 0 Å². The molecule has 7 heteroatoms. The molecule has 1 saturated heterocycles. The zero-order valence-electron chi connectivity index (χ0n) is 15.2. The third-order valence-corrected chi connectivity index (χ3v) is 4.97. The van der Waals surface area contributed by atoms with E-state index in [9.17, 15) is 4.79 Å². The summed E-state index contributed by atoms with van der Waals surface area (Å²) in [5.74, 6) is 0.641. The van der Waals surface area contributed by atoms with Crippen LogP contribution < -0.4 is 15.5 Å². The van der Waals surface area contributed by atoms with Gasteiger partial charge in [-0.25, -0.2) is 0 Å². The first-order valence-corrected chi connectivity index (χ1v) is 9.58. The number of halogens is 1. The van der Waals surface area contributed by atoms with Gasteiger partial charge in [-0.3, -0.25) is 4.79 Å². The first kappa shape index (κ1) is 18.3. The van der Waals surface area contributed by atoms with Crippen LogP contribution in [-0.4, -0.2) is 29.2 Å². The number of hydrogen-bond donors (Lipinski definition) is 2. The Kier molecular flexibility index (Phi) is 5.39. The fourth-order valence-electron chi connectivity index (χ4n) is 3.17. The smallest absolute Gasteiger partial charge is 0.258 e. The van der Waals surface area contributed by atoms with Crippen molar-refractivity contribution >= 4 is 40.5 Å². The van der Waals surface area contributed by atoms with Crippen molar-refractivity contribution in [3.05, 3.63) is 71.2 Å². The Morgan fingerprint density at radius 2 is 1.57 bits per heavy atom. The van der Waals surface area contributed by atoms with Crippen molar-refractivity contribution in [2.45, 2.75) is 12.8 Å². The molecule has 2 N–H and O–H groups in total. The van der Waals surface area contributed by atoms with Gasteiger partial charge in [0, 0.05) is 24.5 Å². The highest BCUT2D eigenvalue weighted by Crippen LogP contribution is 2.23. The lowest BCUT2D eigenvalue weighted by Gasteiger charge is -2.17. The molecule has 6 nitrogen and oxygen atoms in total. The maximum absolute atomic E-state index is 12.3.